The van der Waals surface area contributed by atoms with Gasteiger partial charge in [-0.15, -0.1) is 0 Å². The average Bonchev–Trinajstić information content (AvgIpc) is 2.95. The predicted octanol–water partition coefficient (Wildman–Crippen LogP) is 4.22. The molecule has 1 aromatic carbocycles. The maximum atomic E-state index is 12.3. The highest BCUT2D eigenvalue weighted by Gasteiger charge is 2.45. The quantitative estimate of drug-likeness (QED) is 0.732. The van der Waals surface area contributed by atoms with Crippen LogP contribution in [0.4, 0.5) is 0 Å². The van der Waals surface area contributed by atoms with Crippen LogP contribution >= 0.6 is 0 Å². The average molecular weight is 332 g/mol. The van der Waals surface area contributed by atoms with Crippen LogP contribution in [-0.2, 0) is 24.7 Å². The first-order valence-corrected chi connectivity index (χ1v) is 8.76. The monoisotopic (exact) mass is 332 g/mol. The first-order valence-electron chi connectivity index (χ1n) is 8.76. The van der Waals surface area contributed by atoms with Crippen LogP contribution in [0, 0.1) is 11.3 Å². The second kappa shape index (κ2) is 7.37. The minimum Gasteiger partial charge on any atom is -0.453 e. The van der Waals surface area contributed by atoms with E-state index in [4.69, 9.17) is 9.47 Å². The standard InChI is InChI=1S/C20H28O4/c1-5-19(3,4)18(22)23-14-17(21)24-20(13-9-10-15(20)2)16-11-7-6-8-12-16/h6-8,11-12,15H,5,9-10,13-14H2,1-4H3. The first-order chi connectivity index (χ1) is 11.3. The molecular weight excluding hydrogens is 304 g/mol. The Morgan fingerprint density at radius 1 is 1.25 bits per heavy atom. The highest BCUT2D eigenvalue weighted by molar-refractivity contribution is 5.80. The molecule has 1 fully saturated rings. The molecule has 132 valence electrons. The van der Waals surface area contributed by atoms with Gasteiger partial charge in [-0.25, -0.2) is 4.79 Å². The lowest BCUT2D eigenvalue weighted by Gasteiger charge is -2.34. The Morgan fingerprint density at radius 3 is 2.46 bits per heavy atom. The van der Waals surface area contributed by atoms with E-state index in [0.717, 1.165) is 24.8 Å². The topological polar surface area (TPSA) is 52.6 Å². The Bertz CT molecular complexity index is 579. The summed E-state index contributed by atoms with van der Waals surface area (Å²) in [5.41, 5.74) is -0.174. The summed E-state index contributed by atoms with van der Waals surface area (Å²) < 4.78 is 11.1. The Morgan fingerprint density at radius 2 is 1.92 bits per heavy atom. The lowest BCUT2D eigenvalue weighted by atomic mass is 9.84. The van der Waals surface area contributed by atoms with E-state index in [1.807, 2.05) is 51.1 Å². The van der Waals surface area contributed by atoms with Gasteiger partial charge in [0, 0.05) is 5.92 Å². The lowest BCUT2D eigenvalue weighted by Crippen LogP contribution is -2.37. The molecule has 0 aliphatic heterocycles. The fraction of sp³-hybridized carbons (Fsp3) is 0.600. The van der Waals surface area contributed by atoms with Gasteiger partial charge in [0.05, 0.1) is 5.41 Å². The van der Waals surface area contributed by atoms with E-state index in [1.165, 1.54) is 0 Å². The molecule has 1 saturated carbocycles. The van der Waals surface area contributed by atoms with Crippen molar-refractivity contribution in [2.75, 3.05) is 6.61 Å². The minimum atomic E-state index is -0.606. The van der Waals surface area contributed by atoms with Gasteiger partial charge in [-0.2, -0.15) is 0 Å². The van der Waals surface area contributed by atoms with Crippen molar-refractivity contribution in [3.63, 3.8) is 0 Å². The molecule has 0 N–H and O–H groups in total. The molecule has 1 aromatic rings. The molecule has 0 spiro atoms. The van der Waals surface area contributed by atoms with E-state index in [0.29, 0.717) is 6.42 Å². The summed E-state index contributed by atoms with van der Waals surface area (Å²) in [6, 6.07) is 9.87. The Kier molecular flexibility index (Phi) is 5.68. The number of esters is 2. The third kappa shape index (κ3) is 3.80. The number of rotatable bonds is 6. The van der Waals surface area contributed by atoms with E-state index in [1.54, 1.807) is 0 Å². The maximum absolute atomic E-state index is 12.3. The van der Waals surface area contributed by atoms with Crippen molar-refractivity contribution in [3.8, 4) is 0 Å². The van der Waals surface area contributed by atoms with Gasteiger partial charge < -0.3 is 9.47 Å². The molecule has 0 heterocycles. The van der Waals surface area contributed by atoms with Gasteiger partial charge in [-0.05, 0) is 45.1 Å². The second-order valence-electron chi connectivity index (χ2n) is 7.34. The molecule has 1 aliphatic rings. The highest BCUT2D eigenvalue weighted by atomic mass is 16.6. The normalized spacial score (nSPS) is 23.8. The smallest absolute Gasteiger partial charge is 0.345 e. The van der Waals surface area contributed by atoms with Crippen molar-refractivity contribution in [1.82, 2.24) is 0 Å². The van der Waals surface area contributed by atoms with E-state index in [2.05, 4.69) is 6.92 Å². The summed E-state index contributed by atoms with van der Waals surface area (Å²) in [6.07, 6.45) is 3.50. The summed E-state index contributed by atoms with van der Waals surface area (Å²) in [6.45, 7) is 7.32. The van der Waals surface area contributed by atoms with E-state index >= 15 is 0 Å². The van der Waals surface area contributed by atoms with Gasteiger partial charge >= 0.3 is 11.9 Å². The fourth-order valence-corrected chi connectivity index (χ4v) is 3.21. The molecule has 1 aliphatic carbocycles. The van der Waals surface area contributed by atoms with Crippen molar-refractivity contribution >= 4 is 11.9 Å². The molecule has 2 atom stereocenters. The third-order valence-corrected chi connectivity index (χ3v) is 5.30. The van der Waals surface area contributed by atoms with Gasteiger partial charge in [-0.1, -0.05) is 44.2 Å². The molecule has 0 saturated heterocycles. The fourth-order valence-electron chi connectivity index (χ4n) is 3.21. The Labute approximate surface area is 144 Å². The van der Waals surface area contributed by atoms with Crippen LogP contribution in [0.1, 0.15) is 58.9 Å². The van der Waals surface area contributed by atoms with Crippen molar-refractivity contribution in [1.29, 1.82) is 0 Å². The summed E-state index contributed by atoms with van der Waals surface area (Å²) >= 11 is 0. The zero-order chi connectivity index (χ0) is 17.8. The Hall–Kier alpha value is -1.84. The summed E-state index contributed by atoms with van der Waals surface area (Å²) in [5.74, 6) is -0.602. The number of carbonyl (C=O) groups excluding carboxylic acids is 2. The van der Waals surface area contributed by atoms with Crippen molar-refractivity contribution in [2.45, 2.75) is 59.0 Å². The van der Waals surface area contributed by atoms with E-state index in [-0.39, 0.29) is 18.5 Å². The van der Waals surface area contributed by atoms with Crippen LogP contribution in [0.5, 0.6) is 0 Å². The highest BCUT2D eigenvalue weighted by Crippen LogP contribution is 2.46. The first kappa shape index (κ1) is 18.5. The summed E-state index contributed by atoms with van der Waals surface area (Å²) in [5, 5.41) is 0. The largest absolute Gasteiger partial charge is 0.453 e. The minimum absolute atomic E-state index is 0.242. The molecule has 0 amide bonds. The van der Waals surface area contributed by atoms with E-state index < -0.39 is 17.0 Å². The van der Waals surface area contributed by atoms with Crippen LogP contribution in [0.25, 0.3) is 0 Å². The van der Waals surface area contributed by atoms with Crippen LogP contribution in [-0.4, -0.2) is 18.5 Å². The van der Waals surface area contributed by atoms with Crippen molar-refractivity contribution < 1.29 is 19.1 Å². The van der Waals surface area contributed by atoms with Crippen LogP contribution in [0.2, 0.25) is 0 Å². The molecule has 24 heavy (non-hydrogen) atoms. The molecule has 2 rings (SSSR count). The number of ether oxygens (including phenoxy) is 2. The molecule has 2 unspecified atom stereocenters. The molecule has 0 bridgehead atoms. The molecule has 0 aromatic heterocycles. The SMILES string of the molecule is CCC(C)(C)C(=O)OCC(=O)OC1(c2ccccc2)CCCC1C. The van der Waals surface area contributed by atoms with Gasteiger partial charge in [0.1, 0.15) is 5.60 Å². The summed E-state index contributed by atoms with van der Waals surface area (Å²) in [7, 11) is 0. The zero-order valence-corrected chi connectivity index (χ0v) is 15.1. The van der Waals surface area contributed by atoms with Gasteiger partial charge in [0.2, 0.25) is 0 Å². The van der Waals surface area contributed by atoms with Gasteiger partial charge in [0.25, 0.3) is 0 Å². The number of benzene rings is 1. The lowest BCUT2D eigenvalue weighted by molar-refractivity contribution is -0.177. The summed E-state index contributed by atoms with van der Waals surface area (Å²) in [4.78, 5) is 24.4. The van der Waals surface area contributed by atoms with Crippen molar-refractivity contribution in [3.05, 3.63) is 35.9 Å². The predicted molar refractivity (Wildman–Crippen MR) is 92.3 cm³/mol. The number of hydrogen-bond donors (Lipinski definition) is 0. The second-order valence-corrected chi connectivity index (χ2v) is 7.34. The maximum Gasteiger partial charge on any atom is 0.345 e. The Balaban J connectivity index is 2.06. The number of hydrogen-bond acceptors (Lipinski definition) is 4. The zero-order valence-electron chi connectivity index (χ0n) is 15.1. The number of carbonyl (C=O) groups is 2. The van der Waals surface area contributed by atoms with E-state index in [9.17, 15) is 9.59 Å². The molecule has 4 heteroatoms. The van der Waals surface area contributed by atoms with Crippen LogP contribution in [0.3, 0.4) is 0 Å². The van der Waals surface area contributed by atoms with Crippen LogP contribution < -0.4 is 0 Å². The molecular formula is C20H28O4. The van der Waals surface area contributed by atoms with Crippen molar-refractivity contribution in [2.24, 2.45) is 11.3 Å². The molecule has 4 nitrogen and oxygen atoms in total. The van der Waals surface area contributed by atoms with Gasteiger partial charge in [0.15, 0.2) is 6.61 Å². The third-order valence-electron chi connectivity index (χ3n) is 5.30. The van der Waals surface area contributed by atoms with Gasteiger partial charge in [-0.3, -0.25) is 4.79 Å². The van der Waals surface area contributed by atoms with Crippen LogP contribution in [0.15, 0.2) is 30.3 Å². The molecule has 0 radical (unpaired) electrons.